The summed E-state index contributed by atoms with van der Waals surface area (Å²) in [7, 11) is 0.439. The minimum Gasteiger partial charge on any atom is -0.377 e. The Balaban J connectivity index is 2.64. The van der Waals surface area contributed by atoms with Gasteiger partial charge >= 0.3 is 0 Å². The third kappa shape index (κ3) is 2.78. The Morgan fingerprint density at radius 3 is 2.35 bits per heavy atom. The quantitative estimate of drug-likeness (QED) is 0.921. The lowest BCUT2D eigenvalue weighted by Gasteiger charge is -2.17. The molecule has 0 fully saturated rings. The molecular formula is C15H20N2O2S. The van der Waals surface area contributed by atoms with E-state index in [1.807, 2.05) is 50.2 Å². The van der Waals surface area contributed by atoms with Crippen LogP contribution in [-0.2, 0) is 10.0 Å². The van der Waals surface area contributed by atoms with Gasteiger partial charge in [0, 0.05) is 37.1 Å². The maximum atomic E-state index is 12.4. The second-order valence-electron chi connectivity index (χ2n) is 4.92. The highest BCUT2D eigenvalue weighted by Gasteiger charge is 2.17. The van der Waals surface area contributed by atoms with Gasteiger partial charge < -0.3 is 4.90 Å². The van der Waals surface area contributed by atoms with Gasteiger partial charge in [0.05, 0.1) is 4.90 Å². The minimum atomic E-state index is -3.46. The molecule has 0 saturated carbocycles. The van der Waals surface area contributed by atoms with Crippen molar-refractivity contribution < 1.29 is 8.42 Å². The van der Waals surface area contributed by atoms with Crippen molar-refractivity contribution in [3.63, 3.8) is 0 Å². The number of anilines is 1. The summed E-state index contributed by atoms with van der Waals surface area (Å²) < 4.78 is 27.3. The molecule has 1 N–H and O–H groups in total. The van der Waals surface area contributed by atoms with Crippen LogP contribution in [0.25, 0.3) is 10.8 Å². The van der Waals surface area contributed by atoms with E-state index in [0.717, 1.165) is 22.9 Å². The topological polar surface area (TPSA) is 49.4 Å². The van der Waals surface area contributed by atoms with Crippen molar-refractivity contribution in [2.75, 3.05) is 25.5 Å². The average molecular weight is 292 g/mol. The monoisotopic (exact) mass is 292 g/mol. The number of hydrogen-bond donors (Lipinski definition) is 1. The standard InChI is InChI=1S/C15H20N2O2S/c1-4-11-16-20(18,19)15-10-6-7-12-13(15)8-5-9-14(12)17(2)3/h5-10,16H,4,11H2,1-3H3. The van der Waals surface area contributed by atoms with Crippen LogP contribution >= 0.6 is 0 Å². The van der Waals surface area contributed by atoms with Crippen molar-refractivity contribution >= 4 is 26.5 Å². The molecular weight excluding hydrogens is 272 g/mol. The lowest BCUT2D eigenvalue weighted by atomic mass is 10.1. The summed E-state index contributed by atoms with van der Waals surface area (Å²) in [5, 5.41) is 1.69. The Morgan fingerprint density at radius 1 is 1.05 bits per heavy atom. The SMILES string of the molecule is CCCNS(=O)(=O)c1cccc2c(N(C)C)cccc12. The average Bonchev–Trinajstić information content (AvgIpc) is 2.43. The van der Waals surface area contributed by atoms with E-state index in [0.29, 0.717) is 11.4 Å². The van der Waals surface area contributed by atoms with Crippen LogP contribution in [0.15, 0.2) is 41.3 Å². The van der Waals surface area contributed by atoms with Gasteiger partial charge in [0.2, 0.25) is 10.0 Å². The van der Waals surface area contributed by atoms with E-state index in [9.17, 15) is 8.42 Å². The van der Waals surface area contributed by atoms with Gasteiger partial charge in [0.1, 0.15) is 0 Å². The van der Waals surface area contributed by atoms with Crippen molar-refractivity contribution in [2.24, 2.45) is 0 Å². The number of hydrogen-bond acceptors (Lipinski definition) is 3. The fourth-order valence-corrected chi connectivity index (χ4v) is 3.56. The minimum absolute atomic E-state index is 0.340. The molecule has 0 aliphatic heterocycles. The Labute approximate surface area is 120 Å². The number of sulfonamides is 1. The Hall–Kier alpha value is -1.59. The Kier molecular flexibility index (Phi) is 4.30. The first kappa shape index (κ1) is 14.8. The summed E-state index contributed by atoms with van der Waals surface area (Å²) in [6, 6.07) is 11.1. The van der Waals surface area contributed by atoms with Gasteiger partial charge in [-0.15, -0.1) is 0 Å². The molecule has 4 nitrogen and oxygen atoms in total. The van der Waals surface area contributed by atoms with E-state index >= 15 is 0 Å². The first-order chi connectivity index (χ1) is 9.47. The summed E-state index contributed by atoms with van der Waals surface area (Å²) in [6.07, 6.45) is 0.771. The highest BCUT2D eigenvalue weighted by molar-refractivity contribution is 7.89. The molecule has 108 valence electrons. The Morgan fingerprint density at radius 2 is 1.70 bits per heavy atom. The van der Waals surface area contributed by atoms with Crippen molar-refractivity contribution in [2.45, 2.75) is 18.2 Å². The fourth-order valence-electron chi connectivity index (χ4n) is 2.20. The number of benzene rings is 2. The van der Waals surface area contributed by atoms with Gasteiger partial charge in [0.25, 0.3) is 0 Å². The first-order valence-electron chi connectivity index (χ1n) is 6.66. The molecule has 5 heteroatoms. The third-order valence-electron chi connectivity index (χ3n) is 3.17. The van der Waals surface area contributed by atoms with E-state index < -0.39 is 10.0 Å². The van der Waals surface area contributed by atoms with E-state index in [4.69, 9.17) is 0 Å². The van der Waals surface area contributed by atoms with Crippen LogP contribution in [0.1, 0.15) is 13.3 Å². The first-order valence-corrected chi connectivity index (χ1v) is 8.14. The zero-order valence-electron chi connectivity index (χ0n) is 12.1. The van der Waals surface area contributed by atoms with Crippen molar-refractivity contribution in [3.8, 4) is 0 Å². The summed E-state index contributed by atoms with van der Waals surface area (Å²) in [6.45, 7) is 2.39. The van der Waals surface area contributed by atoms with Crippen LogP contribution in [-0.4, -0.2) is 29.1 Å². The maximum Gasteiger partial charge on any atom is 0.241 e. The zero-order chi connectivity index (χ0) is 14.8. The number of nitrogens with zero attached hydrogens (tertiary/aromatic N) is 1. The number of rotatable bonds is 5. The molecule has 0 radical (unpaired) electrons. The summed E-state index contributed by atoms with van der Waals surface area (Å²) in [5.41, 5.74) is 1.01. The van der Waals surface area contributed by atoms with Crippen LogP contribution in [0.5, 0.6) is 0 Å². The molecule has 0 aliphatic rings. The number of nitrogens with one attached hydrogen (secondary N) is 1. The Bertz CT molecular complexity index is 709. The normalized spacial score (nSPS) is 11.8. The molecule has 0 atom stereocenters. The van der Waals surface area contributed by atoms with Crippen LogP contribution < -0.4 is 9.62 Å². The van der Waals surface area contributed by atoms with Crippen LogP contribution in [0, 0.1) is 0 Å². The van der Waals surface area contributed by atoms with E-state index in [2.05, 4.69) is 4.72 Å². The fraction of sp³-hybridized carbons (Fsp3) is 0.333. The molecule has 0 heterocycles. The van der Waals surface area contributed by atoms with Crippen molar-refractivity contribution in [3.05, 3.63) is 36.4 Å². The lowest BCUT2D eigenvalue weighted by Crippen LogP contribution is -2.24. The molecule has 2 aromatic rings. The van der Waals surface area contributed by atoms with Crippen LogP contribution in [0.2, 0.25) is 0 Å². The molecule has 0 bridgehead atoms. The summed E-state index contributed by atoms with van der Waals surface area (Å²) in [4.78, 5) is 2.32. The number of fused-ring (bicyclic) bond motifs is 1. The molecule has 0 unspecified atom stereocenters. The predicted octanol–water partition coefficient (Wildman–Crippen LogP) is 2.59. The van der Waals surface area contributed by atoms with Gasteiger partial charge in [-0.25, -0.2) is 13.1 Å². The van der Waals surface area contributed by atoms with E-state index in [1.54, 1.807) is 12.1 Å². The second kappa shape index (κ2) is 5.81. The van der Waals surface area contributed by atoms with Gasteiger partial charge in [0.15, 0.2) is 0 Å². The summed E-state index contributed by atoms with van der Waals surface area (Å²) in [5.74, 6) is 0. The van der Waals surface area contributed by atoms with E-state index in [-0.39, 0.29) is 0 Å². The highest BCUT2D eigenvalue weighted by atomic mass is 32.2. The summed E-state index contributed by atoms with van der Waals surface area (Å²) >= 11 is 0. The molecule has 0 amide bonds. The van der Waals surface area contributed by atoms with Crippen LogP contribution in [0.3, 0.4) is 0 Å². The van der Waals surface area contributed by atoms with E-state index in [1.165, 1.54) is 0 Å². The molecule has 0 aliphatic carbocycles. The molecule has 0 spiro atoms. The molecule has 2 rings (SSSR count). The smallest absolute Gasteiger partial charge is 0.241 e. The molecule has 2 aromatic carbocycles. The van der Waals surface area contributed by atoms with Gasteiger partial charge in [-0.05, 0) is 18.6 Å². The van der Waals surface area contributed by atoms with Gasteiger partial charge in [-0.3, -0.25) is 0 Å². The van der Waals surface area contributed by atoms with Crippen LogP contribution in [0.4, 0.5) is 5.69 Å². The maximum absolute atomic E-state index is 12.4. The predicted molar refractivity (Wildman–Crippen MR) is 83.8 cm³/mol. The van der Waals surface area contributed by atoms with Crippen molar-refractivity contribution in [1.82, 2.24) is 4.72 Å². The van der Waals surface area contributed by atoms with Gasteiger partial charge in [-0.1, -0.05) is 31.2 Å². The second-order valence-corrected chi connectivity index (χ2v) is 6.66. The van der Waals surface area contributed by atoms with Crippen molar-refractivity contribution in [1.29, 1.82) is 0 Å². The molecule has 0 aromatic heterocycles. The third-order valence-corrected chi connectivity index (χ3v) is 4.69. The zero-order valence-corrected chi connectivity index (χ0v) is 12.9. The molecule has 0 saturated heterocycles. The lowest BCUT2D eigenvalue weighted by molar-refractivity contribution is 0.581. The highest BCUT2D eigenvalue weighted by Crippen LogP contribution is 2.29. The van der Waals surface area contributed by atoms with Gasteiger partial charge in [-0.2, -0.15) is 0 Å². The molecule has 20 heavy (non-hydrogen) atoms. The largest absolute Gasteiger partial charge is 0.377 e.